The Labute approximate surface area is 148 Å². The van der Waals surface area contributed by atoms with Crippen molar-refractivity contribution in [3.05, 3.63) is 58.9 Å². The highest BCUT2D eigenvalue weighted by molar-refractivity contribution is 7.13. The van der Waals surface area contributed by atoms with Gasteiger partial charge in [0.15, 0.2) is 5.13 Å². The summed E-state index contributed by atoms with van der Waals surface area (Å²) in [4.78, 5) is 27.5. The van der Waals surface area contributed by atoms with E-state index in [-0.39, 0.29) is 12.5 Å². The summed E-state index contributed by atoms with van der Waals surface area (Å²) in [5.41, 5.74) is 2.56. The Bertz CT molecular complexity index is 902. The second kappa shape index (κ2) is 7.27. The van der Waals surface area contributed by atoms with E-state index in [1.807, 2.05) is 37.3 Å². The second-order valence-corrected chi connectivity index (χ2v) is 6.15. The van der Waals surface area contributed by atoms with Gasteiger partial charge in [0, 0.05) is 12.3 Å². The van der Waals surface area contributed by atoms with Crippen LogP contribution in [0.5, 0.6) is 0 Å². The average Bonchev–Trinajstić information content (AvgIpc) is 3.19. The molecule has 128 valence electrons. The highest BCUT2D eigenvalue weighted by Gasteiger charge is 2.17. The Morgan fingerprint density at radius 1 is 1.28 bits per heavy atom. The summed E-state index contributed by atoms with van der Waals surface area (Å²) in [6, 6.07) is 9.55. The maximum atomic E-state index is 12.3. The van der Waals surface area contributed by atoms with Crippen LogP contribution < -0.4 is 5.32 Å². The van der Waals surface area contributed by atoms with Crippen molar-refractivity contribution in [1.82, 2.24) is 14.8 Å². The van der Waals surface area contributed by atoms with E-state index in [2.05, 4.69) is 15.4 Å². The third-order valence-corrected chi connectivity index (χ3v) is 4.22. The molecule has 3 rings (SSSR count). The van der Waals surface area contributed by atoms with Crippen LogP contribution in [0.1, 0.15) is 28.7 Å². The largest absolute Gasteiger partial charge is 0.455 e. The molecule has 3 aromatic rings. The van der Waals surface area contributed by atoms with Gasteiger partial charge >= 0.3 is 5.97 Å². The Balaban J connectivity index is 1.67. The minimum atomic E-state index is -0.464. The fourth-order valence-electron chi connectivity index (χ4n) is 2.24. The van der Waals surface area contributed by atoms with Crippen molar-refractivity contribution in [3.8, 4) is 5.69 Å². The number of hydrogen-bond acceptors (Lipinski definition) is 6. The zero-order valence-corrected chi connectivity index (χ0v) is 14.5. The number of benzene rings is 1. The predicted molar refractivity (Wildman–Crippen MR) is 93.8 cm³/mol. The standard InChI is InChI=1S/C17H16N4O3S/c1-11-15(8-18-21(11)14-6-4-3-5-7-14)16(23)24-9-13-10-25-17(20-13)19-12(2)22/h3-8,10H,9H2,1-2H3,(H,19,20,22). The number of thiazole rings is 1. The smallest absolute Gasteiger partial charge is 0.342 e. The first kappa shape index (κ1) is 16.8. The molecular formula is C17H16N4O3S. The molecule has 7 nitrogen and oxygen atoms in total. The normalized spacial score (nSPS) is 10.5. The molecule has 0 saturated heterocycles. The molecule has 1 N–H and O–H groups in total. The molecule has 0 aliphatic carbocycles. The van der Waals surface area contributed by atoms with Crippen molar-refractivity contribution in [2.75, 3.05) is 5.32 Å². The van der Waals surface area contributed by atoms with Crippen LogP contribution >= 0.6 is 11.3 Å². The summed E-state index contributed by atoms with van der Waals surface area (Å²) in [6.07, 6.45) is 1.49. The number of aromatic nitrogens is 3. The number of nitrogens with one attached hydrogen (secondary N) is 1. The van der Waals surface area contributed by atoms with E-state index >= 15 is 0 Å². The number of ether oxygens (including phenoxy) is 1. The van der Waals surface area contributed by atoms with Crippen LogP contribution in [0.25, 0.3) is 5.69 Å². The summed E-state index contributed by atoms with van der Waals surface area (Å²) in [5, 5.41) is 9.06. The molecule has 1 aromatic carbocycles. The van der Waals surface area contributed by atoms with Crippen molar-refractivity contribution in [3.63, 3.8) is 0 Å². The zero-order chi connectivity index (χ0) is 17.8. The van der Waals surface area contributed by atoms with E-state index in [0.717, 1.165) is 5.69 Å². The number of carbonyl (C=O) groups is 2. The van der Waals surface area contributed by atoms with Gasteiger partial charge in [0.05, 0.1) is 23.3 Å². The van der Waals surface area contributed by atoms with Gasteiger partial charge < -0.3 is 10.1 Å². The van der Waals surface area contributed by atoms with Crippen molar-refractivity contribution >= 4 is 28.3 Å². The summed E-state index contributed by atoms with van der Waals surface area (Å²) < 4.78 is 6.99. The number of anilines is 1. The lowest BCUT2D eigenvalue weighted by Crippen LogP contribution is -2.08. The molecular weight excluding hydrogens is 340 g/mol. The monoisotopic (exact) mass is 356 g/mol. The van der Waals surface area contributed by atoms with Crippen LogP contribution in [0.3, 0.4) is 0 Å². The number of nitrogens with zero attached hydrogens (tertiary/aromatic N) is 3. The van der Waals surface area contributed by atoms with Crippen molar-refractivity contribution in [2.24, 2.45) is 0 Å². The minimum absolute atomic E-state index is 0.0326. The van der Waals surface area contributed by atoms with E-state index in [0.29, 0.717) is 22.1 Å². The molecule has 1 amide bonds. The van der Waals surface area contributed by atoms with Gasteiger partial charge in [0.2, 0.25) is 5.91 Å². The molecule has 0 fully saturated rings. The Morgan fingerprint density at radius 3 is 2.76 bits per heavy atom. The van der Waals surface area contributed by atoms with Gasteiger partial charge in [-0.1, -0.05) is 18.2 Å². The summed E-state index contributed by atoms with van der Waals surface area (Å²) in [7, 11) is 0. The molecule has 2 heterocycles. The van der Waals surface area contributed by atoms with Crippen LogP contribution in [0.4, 0.5) is 5.13 Å². The molecule has 0 saturated carbocycles. The lowest BCUT2D eigenvalue weighted by Gasteiger charge is -2.05. The lowest BCUT2D eigenvalue weighted by atomic mass is 10.2. The predicted octanol–water partition coefficient (Wildman–Crippen LogP) is 2.95. The zero-order valence-electron chi connectivity index (χ0n) is 13.7. The van der Waals surface area contributed by atoms with Gasteiger partial charge in [-0.3, -0.25) is 4.79 Å². The summed E-state index contributed by atoms with van der Waals surface area (Å²) >= 11 is 1.28. The molecule has 0 aliphatic rings. The first-order valence-corrected chi connectivity index (χ1v) is 8.41. The van der Waals surface area contributed by atoms with Gasteiger partial charge in [-0.15, -0.1) is 11.3 Å². The van der Waals surface area contributed by atoms with E-state index in [1.54, 1.807) is 10.1 Å². The molecule has 0 radical (unpaired) electrons. The average molecular weight is 356 g/mol. The van der Waals surface area contributed by atoms with Gasteiger partial charge in [0.25, 0.3) is 0 Å². The van der Waals surface area contributed by atoms with E-state index in [1.165, 1.54) is 24.5 Å². The van der Waals surface area contributed by atoms with Crippen LogP contribution in [0, 0.1) is 6.92 Å². The Morgan fingerprint density at radius 2 is 2.04 bits per heavy atom. The fraction of sp³-hybridized carbons (Fsp3) is 0.176. The molecule has 2 aromatic heterocycles. The first-order chi connectivity index (χ1) is 12.0. The number of rotatable bonds is 5. The number of esters is 1. The molecule has 0 atom stereocenters. The fourth-order valence-corrected chi connectivity index (χ4v) is 2.98. The molecule has 0 aliphatic heterocycles. The van der Waals surface area contributed by atoms with E-state index < -0.39 is 5.97 Å². The highest BCUT2D eigenvalue weighted by atomic mass is 32.1. The van der Waals surface area contributed by atoms with Crippen LogP contribution in [-0.4, -0.2) is 26.6 Å². The number of para-hydroxylation sites is 1. The molecule has 25 heavy (non-hydrogen) atoms. The van der Waals surface area contributed by atoms with Crippen molar-refractivity contribution in [1.29, 1.82) is 0 Å². The summed E-state index contributed by atoms with van der Waals surface area (Å²) in [5.74, 6) is -0.657. The molecule has 0 unspecified atom stereocenters. The summed E-state index contributed by atoms with van der Waals surface area (Å²) in [6.45, 7) is 3.26. The van der Waals surface area contributed by atoms with Crippen LogP contribution in [0.2, 0.25) is 0 Å². The third-order valence-electron chi connectivity index (χ3n) is 3.42. The third kappa shape index (κ3) is 3.92. The second-order valence-electron chi connectivity index (χ2n) is 5.29. The molecule has 0 spiro atoms. The van der Waals surface area contributed by atoms with E-state index in [9.17, 15) is 9.59 Å². The van der Waals surface area contributed by atoms with Gasteiger partial charge in [0.1, 0.15) is 12.2 Å². The molecule has 8 heteroatoms. The van der Waals surface area contributed by atoms with Crippen LogP contribution in [0.15, 0.2) is 41.9 Å². The lowest BCUT2D eigenvalue weighted by molar-refractivity contribution is -0.114. The van der Waals surface area contributed by atoms with Crippen LogP contribution in [-0.2, 0) is 16.1 Å². The van der Waals surface area contributed by atoms with Gasteiger partial charge in [-0.25, -0.2) is 14.5 Å². The maximum Gasteiger partial charge on any atom is 0.342 e. The Kier molecular flexibility index (Phi) is 4.90. The Hall–Kier alpha value is -3.00. The number of carbonyl (C=O) groups excluding carboxylic acids is 2. The number of hydrogen-bond donors (Lipinski definition) is 1. The first-order valence-electron chi connectivity index (χ1n) is 7.54. The van der Waals surface area contributed by atoms with Crippen molar-refractivity contribution in [2.45, 2.75) is 20.5 Å². The van der Waals surface area contributed by atoms with E-state index in [4.69, 9.17) is 4.74 Å². The SMILES string of the molecule is CC(=O)Nc1nc(COC(=O)c2cnn(-c3ccccc3)c2C)cs1. The topological polar surface area (TPSA) is 86.1 Å². The quantitative estimate of drug-likeness (QED) is 0.710. The molecule has 0 bridgehead atoms. The van der Waals surface area contributed by atoms with Crippen molar-refractivity contribution < 1.29 is 14.3 Å². The maximum absolute atomic E-state index is 12.3. The van der Waals surface area contributed by atoms with Gasteiger partial charge in [-0.2, -0.15) is 5.10 Å². The number of amides is 1. The van der Waals surface area contributed by atoms with Gasteiger partial charge in [-0.05, 0) is 19.1 Å². The minimum Gasteiger partial charge on any atom is -0.455 e. The highest BCUT2D eigenvalue weighted by Crippen LogP contribution is 2.18.